The summed E-state index contributed by atoms with van der Waals surface area (Å²) in [6.45, 7) is 2.49. The molecule has 0 aliphatic carbocycles. The first-order chi connectivity index (χ1) is 7.79. The largest absolute Gasteiger partial charge is 0.284 e. The molecule has 0 saturated heterocycles. The Kier molecular flexibility index (Phi) is 1.91. The van der Waals surface area contributed by atoms with Crippen LogP contribution in [0.15, 0.2) is 11.1 Å². The lowest BCUT2D eigenvalue weighted by Gasteiger charge is -2.02. The van der Waals surface area contributed by atoms with Gasteiger partial charge in [0.15, 0.2) is 5.82 Å². The Hall–Kier alpha value is -1.93. The van der Waals surface area contributed by atoms with E-state index in [1.807, 2.05) is 23.8 Å². The molecule has 0 fully saturated rings. The summed E-state index contributed by atoms with van der Waals surface area (Å²) < 4.78 is 2.02. The van der Waals surface area contributed by atoms with Gasteiger partial charge in [0.2, 0.25) is 0 Å². The van der Waals surface area contributed by atoms with Crippen LogP contribution in [0.5, 0.6) is 0 Å². The van der Waals surface area contributed by atoms with Crippen molar-refractivity contribution in [2.45, 2.75) is 13.5 Å². The van der Waals surface area contributed by atoms with Gasteiger partial charge in [-0.05, 0) is 13.0 Å². The van der Waals surface area contributed by atoms with Crippen LogP contribution in [0.25, 0.3) is 5.00 Å². The van der Waals surface area contributed by atoms with Crippen LogP contribution in [0.3, 0.4) is 0 Å². The average Bonchev–Trinajstić information content (AvgIpc) is 2.79. The third kappa shape index (κ3) is 1.20. The van der Waals surface area contributed by atoms with Gasteiger partial charge in [-0.3, -0.25) is 9.56 Å². The van der Waals surface area contributed by atoms with E-state index in [2.05, 4.69) is 21.1 Å². The number of nitrogens with zero attached hydrogens (tertiary/aromatic N) is 4. The Morgan fingerprint density at radius 2 is 2.38 bits per heavy atom. The van der Waals surface area contributed by atoms with Crippen molar-refractivity contribution in [1.29, 1.82) is 0 Å². The van der Waals surface area contributed by atoms with Gasteiger partial charge in [-0.25, -0.2) is 0 Å². The molecule has 1 aliphatic heterocycles. The molecule has 0 saturated carbocycles. The van der Waals surface area contributed by atoms with E-state index < -0.39 is 0 Å². The van der Waals surface area contributed by atoms with Gasteiger partial charge in [-0.15, -0.1) is 28.0 Å². The van der Waals surface area contributed by atoms with Crippen molar-refractivity contribution >= 4 is 17.6 Å². The Morgan fingerprint density at radius 1 is 1.50 bits per heavy atom. The highest BCUT2D eigenvalue weighted by atomic mass is 32.1. The minimum absolute atomic E-state index is 0.563. The summed E-state index contributed by atoms with van der Waals surface area (Å²) in [6, 6.07) is 1.97. The Balaban J connectivity index is 2.33. The summed E-state index contributed by atoms with van der Waals surface area (Å²) in [4.78, 5) is 5.20. The highest BCUT2D eigenvalue weighted by molar-refractivity contribution is 7.15. The van der Waals surface area contributed by atoms with Gasteiger partial charge in [0, 0.05) is 11.8 Å². The second-order valence-corrected chi connectivity index (χ2v) is 4.51. The van der Waals surface area contributed by atoms with Crippen molar-refractivity contribution in [3.63, 3.8) is 0 Å². The maximum Gasteiger partial charge on any atom is 0.159 e. The minimum Gasteiger partial charge on any atom is -0.284 e. The first-order valence-electron chi connectivity index (χ1n) is 4.81. The summed E-state index contributed by atoms with van der Waals surface area (Å²) in [6.07, 6.45) is 7.26. The smallest absolute Gasteiger partial charge is 0.159 e. The topological polar surface area (TPSA) is 43.1 Å². The number of fused-ring (bicyclic) bond motifs is 3. The van der Waals surface area contributed by atoms with Crippen molar-refractivity contribution in [3.05, 3.63) is 28.2 Å². The third-order valence-corrected chi connectivity index (χ3v) is 3.51. The fourth-order valence-corrected chi connectivity index (χ4v) is 2.74. The zero-order chi connectivity index (χ0) is 11.1. The molecule has 5 heteroatoms. The molecule has 0 spiro atoms. The van der Waals surface area contributed by atoms with Crippen molar-refractivity contribution in [2.24, 2.45) is 4.99 Å². The molecule has 1 aliphatic rings. The quantitative estimate of drug-likeness (QED) is 0.642. The second kappa shape index (κ2) is 3.29. The number of aryl methyl sites for hydroxylation is 1. The van der Waals surface area contributed by atoms with Crippen LogP contribution < -0.4 is 0 Å². The maximum atomic E-state index is 5.41. The summed E-state index contributed by atoms with van der Waals surface area (Å²) in [5.74, 6) is 4.38. The van der Waals surface area contributed by atoms with Gasteiger partial charge in [0.25, 0.3) is 0 Å². The Labute approximate surface area is 96.7 Å². The van der Waals surface area contributed by atoms with E-state index in [-0.39, 0.29) is 0 Å². The molecule has 2 aromatic heterocycles. The van der Waals surface area contributed by atoms with Crippen LogP contribution in [0.2, 0.25) is 0 Å². The lowest BCUT2D eigenvalue weighted by Crippen LogP contribution is -2.00. The molecule has 4 nitrogen and oxygen atoms in total. The number of rotatable bonds is 0. The lowest BCUT2D eigenvalue weighted by molar-refractivity contribution is 0.871. The van der Waals surface area contributed by atoms with Crippen molar-refractivity contribution in [2.75, 3.05) is 0 Å². The van der Waals surface area contributed by atoms with E-state index in [0.29, 0.717) is 6.54 Å². The molecular formula is C11H8N4S. The van der Waals surface area contributed by atoms with E-state index in [1.54, 1.807) is 11.3 Å². The minimum atomic E-state index is 0.563. The predicted octanol–water partition coefficient (Wildman–Crippen LogP) is 1.55. The molecule has 0 unspecified atom stereocenters. The molecule has 0 N–H and O–H groups in total. The van der Waals surface area contributed by atoms with Crippen molar-refractivity contribution < 1.29 is 0 Å². The SMILES string of the molecule is C#Cc1cc2c(s1)-n1c(C)nnc1CN=C2. The average molecular weight is 228 g/mol. The van der Waals surface area contributed by atoms with Crippen LogP contribution in [-0.2, 0) is 6.54 Å². The Morgan fingerprint density at radius 3 is 3.19 bits per heavy atom. The number of hydrogen-bond donors (Lipinski definition) is 0. The van der Waals surface area contributed by atoms with E-state index in [1.165, 1.54) is 0 Å². The molecule has 0 aromatic carbocycles. The number of aliphatic imine (C=N–C) groups is 1. The fourth-order valence-electron chi connectivity index (χ4n) is 1.73. The van der Waals surface area contributed by atoms with Gasteiger partial charge in [-0.2, -0.15) is 0 Å². The summed E-state index contributed by atoms with van der Waals surface area (Å²) >= 11 is 1.57. The number of aromatic nitrogens is 3. The summed E-state index contributed by atoms with van der Waals surface area (Å²) in [5.41, 5.74) is 1.04. The number of terminal acetylenes is 1. The number of thiophene rings is 1. The zero-order valence-corrected chi connectivity index (χ0v) is 9.45. The monoisotopic (exact) mass is 228 g/mol. The third-order valence-electron chi connectivity index (χ3n) is 2.44. The molecule has 16 heavy (non-hydrogen) atoms. The molecule has 0 bridgehead atoms. The second-order valence-electron chi connectivity index (χ2n) is 3.48. The van der Waals surface area contributed by atoms with Crippen LogP contribution >= 0.6 is 11.3 Å². The van der Waals surface area contributed by atoms with Crippen LogP contribution in [-0.4, -0.2) is 21.0 Å². The predicted molar refractivity (Wildman–Crippen MR) is 63.2 cm³/mol. The highest BCUT2D eigenvalue weighted by Crippen LogP contribution is 2.28. The van der Waals surface area contributed by atoms with Gasteiger partial charge < -0.3 is 0 Å². The van der Waals surface area contributed by atoms with Gasteiger partial charge in [0.05, 0.1) is 11.4 Å². The standard InChI is InChI=1S/C11H8N4S/c1-3-9-4-8-5-12-6-10-14-13-7(2)15(10)11(8)16-9/h1,4-5H,6H2,2H3. The normalized spacial score (nSPS) is 12.8. The molecule has 3 heterocycles. The van der Waals surface area contributed by atoms with Gasteiger partial charge >= 0.3 is 0 Å². The molecule has 3 rings (SSSR count). The molecule has 0 radical (unpaired) electrons. The molecule has 2 aromatic rings. The van der Waals surface area contributed by atoms with E-state index in [9.17, 15) is 0 Å². The fraction of sp³-hybridized carbons (Fsp3) is 0.182. The van der Waals surface area contributed by atoms with Gasteiger partial charge in [0.1, 0.15) is 10.8 Å². The van der Waals surface area contributed by atoms with Gasteiger partial charge in [-0.1, -0.05) is 5.92 Å². The molecular weight excluding hydrogens is 220 g/mol. The van der Waals surface area contributed by atoms with Crippen LogP contribution in [0.1, 0.15) is 22.1 Å². The van der Waals surface area contributed by atoms with Crippen LogP contribution in [0.4, 0.5) is 0 Å². The molecule has 0 amide bonds. The van der Waals surface area contributed by atoms with Crippen LogP contribution in [0, 0.1) is 19.3 Å². The maximum absolute atomic E-state index is 5.41. The van der Waals surface area contributed by atoms with E-state index in [0.717, 1.165) is 27.1 Å². The van der Waals surface area contributed by atoms with E-state index >= 15 is 0 Å². The van der Waals surface area contributed by atoms with Crippen molar-refractivity contribution in [3.8, 4) is 17.3 Å². The number of hydrogen-bond acceptors (Lipinski definition) is 4. The summed E-state index contributed by atoms with van der Waals surface area (Å²) in [7, 11) is 0. The lowest BCUT2D eigenvalue weighted by atomic mass is 10.3. The zero-order valence-electron chi connectivity index (χ0n) is 8.64. The first kappa shape index (κ1) is 9.31. The Bertz CT molecular complexity index is 627. The summed E-state index contributed by atoms with van der Waals surface area (Å²) in [5, 5.41) is 9.23. The van der Waals surface area contributed by atoms with E-state index in [4.69, 9.17) is 6.42 Å². The van der Waals surface area contributed by atoms with Crippen molar-refractivity contribution in [1.82, 2.24) is 14.8 Å². The molecule has 78 valence electrons. The highest BCUT2D eigenvalue weighted by Gasteiger charge is 2.18. The molecule has 0 atom stereocenters. The first-order valence-corrected chi connectivity index (χ1v) is 5.63.